The van der Waals surface area contributed by atoms with E-state index in [4.69, 9.17) is 15.2 Å². The third-order valence-corrected chi connectivity index (χ3v) is 4.06. The summed E-state index contributed by atoms with van der Waals surface area (Å²) in [5.41, 5.74) is 5.81. The fourth-order valence-electron chi connectivity index (χ4n) is 2.49. The number of ether oxygens (including phenoxy) is 2. The molecule has 1 aromatic carbocycles. The zero-order chi connectivity index (χ0) is 16.0. The van der Waals surface area contributed by atoms with Crippen LogP contribution >= 0.6 is 12.4 Å². The number of likely N-dealkylation sites (tertiary alicyclic amines) is 1. The van der Waals surface area contributed by atoms with Crippen LogP contribution in [0.25, 0.3) is 0 Å². The van der Waals surface area contributed by atoms with Gasteiger partial charge >= 0.3 is 0 Å². The zero-order valence-electron chi connectivity index (χ0n) is 13.9. The highest BCUT2D eigenvalue weighted by atomic mass is 35.5. The molecular formula is C17H27ClN2O3. The van der Waals surface area contributed by atoms with Crippen LogP contribution in [-0.2, 0) is 4.79 Å². The van der Waals surface area contributed by atoms with Gasteiger partial charge in [0.1, 0.15) is 11.5 Å². The molecule has 1 aliphatic rings. The van der Waals surface area contributed by atoms with E-state index in [1.54, 1.807) is 0 Å². The quantitative estimate of drug-likeness (QED) is 0.826. The van der Waals surface area contributed by atoms with Crippen LogP contribution in [0.5, 0.6) is 11.5 Å². The maximum absolute atomic E-state index is 12.2. The van der Waals surface area contributed by atoms with Crippen LogP contribution in [0.4, 0.5) is 0 Å². The maximum atomic E-state index is 12.2. The van der Waals surface area contributed by atoms with Crippen LogP contribution in [0.2, 0.25) is 0 Å². The molecule has 1 unspecified atom stereocenters. The molecule has 5 nitrogen and oxygen atoms in total. The van der Waals surface area contributed by atoms with Gasteiger partial charge in [-0.3, -0.25) is 4.79 Å². The summed E-state index contributed by atoms with van der Waals surface area (Å²) >= 11 is 0. The minimum absolute atomic E-state index is 0. The van der Waals surface area contributed by atoms with E-state index in [9.17, 15) is 4.79 Å². The normalized spacial score (nSPS) is 20.0. The lowest BCUT2D eigenvalue weighted by Crippen LogP contribution is -2.36. The molecule has 1 aromatic rings. The molecule has 0 aliphatic carbocycles. The van der Waals surface area contributed by atoms with Gasteiger partial charge < -0.3 is 20.1 Å². The summed E-state index contributed by atoms with van der Waals surface area (Å²) in [7, 11) is 0. The van der Waals surface area contributed by atoms with E-state index in [1.165, 1.54) is 0 Å². The molecular weight excluding hydrogens is 316 g/mol. The van der Waals surface area contributed by atoms with Crippen molar-refractivity contribution in [2.75, 3.05) is 32.8 Å². The Hall–Kier alpha value is -1.46. The summed E-state index contributed by atoms with van der Waals surface area (Å²) in [6.07, 6.45) is 1.93. The van der Waals surface area contributed by atoms with Crippen molar-refractivity contribution in [2.45, 2.75) is 26.7 Å². The van der Waals surface area contributed by atoms with E-state index in [0.717, 1.165) is 31.7 Å². The molecule has 1 atom stereocenters. The summed E-state index contributed by atoms with van der Waals surface area (Å²) in [6, 6.07) is 7.37. The van der Waals surface area contributed by atoms with Crippen molar-refractivity contribution in [3.63, 3.8) is 0 Å². The molecule has 2 N–H and O–H groups in total. The molecule has 1 fully saturated rings. The zero-order valence-corrected chi connectivity index (χ0v) is 14.7. The van der Waals surface area contributed by atoms with Crippen molar-refractivity contribution in [3.05, 3.63) is 24.3 Å². The molecule has 1 aliphatic heterocycles. The Labute approximate surface area is 144 Å². The number of benzene rings is 1. The van der Waals surface area contributed by atoms with Gasteiger partial charge in [0.15, 0.2) is 6.61 Å². The number of nitrogens with two attached hydrogens (primary N) is 1. The Kier molecular flexibility index (Phi) is 7.65. The first kappa shape index (κ1) is 19.6. The molecule has 0 radical (unpaired) electrons. The Morgan fingerprint density at radius 2 is 1.87 bits per heavy atom. The minimum atomic E-state index is 0. The minimum Gasteiger partial charge on any atom is -0.494 e. The van der Waals surface area contributed by atoms with E-state index in [-0.39, 0.29) is 30.3 Å². The SMILES string of the molecule is CCCOc1ccc(OCC(=O)N2CCC(C)(CN)C2)cc1.Cl. The lowest BCUT2D eigenvalue weighted by molar-refractivity contribution is -0.132. The van der Waals surface area contributed by atoms with Gasteiger partial charge in [-0.2, -0.15) is 0 Å². The Balaban J connectivity index is 0.00000264. The second kappa shape index (κ2) is 8.99. The van der Waals surface area contributed by atoms with Crippen LogP contribution in [-0.4, -0.2) is 43.7 Å². The summed E-state index contributed by atoms with van der Waals surface area (Å²) < 4.78 is 11.1. The second-order valence-corrected chi connectivity index (χ2v) is 6.19. The third kappa shape index (κ3) is 5.59. The second-order valence-electron chi connectivity index (χ2n) is 6.19. The molecule has 0 bridgehead atoms. The standard InChI is InChI=1S/C17H26N2O3.ClH/c1-3-10-21-14-4-6-15(7-5-14)22-11-16(20)19-9-8-17(2,12-18)13-19;/h4-7H,3,8-13,18H2,1-2H3;1H. The van der Waals surface area contributed by atoms with Crippen LogP contribution in [0.3, 0.4) is 0 Å². The van der Waals surface area contributed by atoms with E-state index in [1.807, 2.05) is 29.2 Å². The number of carbonyl (C=O) groups excluding carboxylic acids is 1. The molecule has 0 aromatic heterocycles. The van der Waals surface area contributed by atoms with E-state index in [0.29, 0.717) is 18.9 Å². The number of halogens is 1. The number of nitrogens with zero attached hydrogens (tertiary/aromatic N) is 1. The predicted molar refractivity (Wildman–Crippen MR) is 93.3 cm³/mol. The summed E-state index contributed by atoms with van der Waals surface area (Å²) in [4.78, 5) is 14.0. The van der Waals surface area contributed by atoms with Gasteiger partial charge in [0.05, 0.1) is 6.61 Å². The van der Waals surface area contributed by atoms with E-state index < -0.39 is 0 Å². The van der Waals surface area contributed by atoms with E-state index in [2.05, 4.69) is 13.8 Å². The fourth-order valence-corrected chi connectivity index (χ4v) is 2.49. The number of hydrogen-bond acceptors (Lipinski definition) is 4. The molecule has 1 saturated heterocycles. The van der Waals surface area contributed by atoms with Crippen molar-refractivity contribution in [3.8, 4) is 11.5 Å². The van der Waals surface area contributed by atoms with Crippen LogP contribution in [0.1, 0.15) is 26.7 Å². The van der Waals surface area contributed by atoms with Gasteiger partial charge in [0.2, 0.25) is 0 Å². The van der Waals surface area contributed by atoms with Crippen LogP contribution in [0, 0.1) is 5.41 Å². The molecule has 130 valence electrons. The topological polar surface area (TPSA) is 64.8 Å². The Morgan fingerprint density at radius 1 is 1.26 bits per heavy atom. The predicted octanol–water partition coefficient (Wildman–Crippen LogP) is 2.47. The lowest BCUT2D eigenvalue weighted by Gasteiger charge is -2.22. The van der Waals surface area contributed by atoms with Crippen LogP contribution in [0.15, 0.2) is 24.3 Å². The van der Waals surface area contributed by atoms with E-state index >= 15 is 0 Å². The Morgan fingerprint density at radius 3 is 2.39 bits per heavy atom. The largest absolute Gasteiger partial charge is 0.494 e. The first-order chi connectivity index (χ1) is 10.6. The van der Waals surface area contributed by atoms with Gasteiger partial charge in [-0.15, -0.1) is 12.4 Å². The number of rotatable bonds is 7. The smallest absolute Gasteiger partial charge is 0.260 e. The molecule has 1 amide bonds. The van der Waals surface area contributed by atoms with Crippen molar-refractivity contribution < 1.29 is 14.3 Å². The highest BCUT2D eigenvalue weighted by molar-refractivity contribution is 5.85. The molecule has 1 heterocycles. The van der Waals surface area contributed by atoms with Gasteiger partial charge in [0.25, 0.3) is 5.91 Å². The summed E-state index contributed by atoms with van der Waals surface area (Å²) in [5, 5.41) is 0. The van der Waals surface area contributed by atoms with Gasteiger partial charge in [-0.25, -0.2) is 0 Å². The molecule has 23 heavy (non-hydrogen) atoms. The molecule has 0 spiro atoms. The fraction of sp³-hybridized carbons (Fsp3) is 0.588. The first-order valence-corrected chi connectivity index (χ1v) is 7.90. The molecule has 0 saturated carbocycles. The first-order valence-electron chi connectivity index (χ1n) is 7.90. The van der Waals surface area contributed by atoms with Crippen molar-refractivity contribution in [1.82, 2.24) is 4.90 Å². The highest BCUT2D eigenvalue weighted by Gasteiger charge is 2.34. The third-order valence-electron chi connectivity index (χ3n) is 4.06. The van der Waals surface area contributed by atoms with Crippen molar-refractivity contribution in [1.29, 1.82) is 0 Å². The van der Waals surface area contributed by atoms with Crippen molar-refractivity contribution in [2.24, 2.45) is 11.1 Å². The van der Waals surface area contributed by atoms with Gasteiger partial charge in [-0.05, 0) is 49.1 Å². The van der Waals surface area contributed by atoms with Gasteiger partial charge in [-0.1, -0.05) is 13.8 Å². The lowest BCUT2D eigenvalue weighted by atomic mass is 9.90. The number of hydrogen-bond donors (Lipinski definition) is 1. The monoisotopic (exact) mass is 342 g/mol. The van der Waals surface area contributed by atoms with Crippen molar-refractivity contribution >= 4 is 18.3 Å². The highest BCUT2D eigenvalue weighted by Crippen LogP contribution is 2.28. The molecule has 2 rings (SSSR count). The van der Waals surface area contributed by atoms with Gasteiger partial charge in [0, 0.05) is 13.1 Å². The van der Waals surface area contributed by atoms with Crippen LogP contribution < -0.4 is 15.2 Å². The maximum Gasteiger partial charge on any atom is 0.260 e. The molecule has 6 heteroatoms. The summed E-state index contributed by atoms with van der Waals surface area (Å²) in [5.74, 6) is 1.51. The summed E-state index contributed by atoms with van der Waals surface area (Å²) in [6.45, 7) is 7.04. The Bertz CT molecular complexity index is 495. The average Bonchev–Trinajstić information content (AvgIpc) is 2.95. The number of amides is 1. The number of carbonyl (C=O) groups is 1. The average molecular weight is 343 g/mol.